The van der Waals surface area contributed by atoms with Gasteiger partial charge in [-0.2, -0.15) is 5.26 Å². The molecule has 1 aromatic rings. The summed E-state index contributed by atoms with van der Waals surface area (Å²) in [6, 6.07) is 12.0. The SMILES string of the molecule is N#CC1(C(=O)N[C@@H]2CCOC[C@H]2OCc2ccccc2)CCOCC1. The summed E-state index contributed by atoms with van der Waals surface area (Å²) in [5.74, 6) is -0.210. The lowest BCUT2D eigenvalue weighted by atomic mass is 9.80. The van der Waals surface area contributed by atoms with Gasteiger partial charge in [0, 0.05) is 19.8 Å². The number of nitriles is 1. The lowest BCUT2D eigenvalue weighted by Crippen LogP contribution is -2.54. The van der Waals surface area contributed by atoms with Gasteiger partial charge in [-0.15, -0.1) is 0 Å². The molecule has 2 fully saturated rings. The van der Waals surface area contributed by atoms with Gasteiger partial charge < -0.3 is 19.5 Å². The number of nitrogens with zero attached hydrogens (tertiary/aromatic N) is 1. The molecule has 2 atom stereocenters. The molecule has 25 heavy (non-hydrogen) atoms. The predicted octanol–water partition coefficient (Wildman–Crippen LogP) is 1.80. The van der Waals surface area contributed by atoms with Crippen molar-refractivity contribution < 1.29 is 19.0 Å². The molecule has 1 aromatic carbocycles. The van der Waals surface area contributed by atoms with E-state index in [0.717, 1.165) is 5.56 Å². The van der Waals surface area contributed by atoms with E-state index >= 15 is 0 Å². The first kappa shape index (κ1) is 17.9. The minimum absolute atomic E-state index is 0.141. The third kappa shape index (κ3) is 4.37. The highest BCUT2D eigenvalue weighted by Crippen LogP contribution is 2.30. The maximum absolute atomic E-state index is 12.8. The summed E-state index contributed by atoms with van der Waals surface area (Å²) in [5.41, 5.74) is 0.0941. The molecule has 2 aliphatic heterocycles. The van der Waals surface area contributed by atoms with Crippen molar-refractivity contribution in [3.05, 3.63) is 35.9 Å². The van der Waals surface area contributed by atoms with Crippen LogP contribution in [0.15, 0.2) is 30.3 Å². The summed E-state index contributed by atoms with van der Waals surface area (Å²) < 4.78 is 16.8. The number of ether oxygens (including phenoxy) is 3. The molecule has 0 saturated carbocycles. The third-order valence-corrected chi connectivity index (χ3v) is 4.92. The van der Waals surface area contributed by atoms with Gasteiger partial charge in [-0.3, -0.25) is 4.79 Å². The number of amides is 1. The van der Waals surface area contributed by atoms with E-state index in [1.165, 1.54) is 0 Å². The van der Waals surface area contributed by atoms with Gasteiger partial charge in [-0.1, -0.05) is 30.3 Å². The van der Waals surface area contributed by atoms with Crippen LogP contribution in [0.5, 0.6) is 0 Å². The van der Waals surface area contributed by atoms with Crippen molar-refractivity contribution in [2.75, 3.05) is 26.4 Å². The van der Waals surface area contributed by atoms with Crippen molar-refractivity contribution in [2.24, 2.45) is 5.41 Å². The Kier molecular flexibility index (Phi) is 6.03. The van der Waals surface area contributed by atoms with Crippen molar-refractivity contribution in [2.45, 2.75) is 38.0 Å². The van der Waals surface area contributed by atoms with Crippen molar-refractivity contribution in [1.29, 1.82) is 5.26 Å². The van der Waals surface area contributed by atoms with Crippen molar-refractivity contribution >= 4 is 5.91 Å². The van der Waals surface area contributed by atoms with Crippen molar-refractivity contribution in [1.82, 2.24) is 5.32 Å². The van der Waals surface area contributed by atoms with Crippen molar-refractivity contribution in [3.8, 4) is 6.07 Å². The fourth-order valence-corrected chi connectivity index (χ4v) is 3.23. The zero-order valence-corrected chi connectivity index (χ0v) is 14.3. The smallest absolute Gasteiger partial charge is 0.240 e. The van der Waals surface area contributed by atoms with Crippen LogP contribution >= 0.6 is 0 Å². The lowest BCUT2D eigenvalue weighted by molar-refractivity contribution is -0.137. The van der Waals surface area contributed by atoms with Gasteiger partial charge >= 0.3 is 0 Å². The predicted molar refractivity (Wildman–Crippen MR) is 90.5 cm³/mol. The summed E-state index contributed by atoms with van der Waals surface area (Å²) in [7, 11) is 0. The number of nitrogens with one attached hydrogen (secondary N) is 1. The van der Waals surface area contributed by atoms with Crippen LogP contribution in [0, 0.1) is 16.7 Å². The highest BCUT2D eigenvalue weighted by atomic mass is 16.5. The topological polar surface area (TPSA) is 80.6 Å². The molecule has 1 N–H and O–H groups in total. The van der Waals surface area contributed by atoms with Crippen LogP contribution in [-0.4, -0.2) is 44.5 Å². The molecule has 0 radical (unpaired) electrons. The number of carbonyl (C=O) groups excluding carboxylic acids is 1. The van der Waals surface area contributed by atoms with Gasteiger partial charge in [0.15, 0.2) is 0 Å². The molecule has 1 amide bonds. The summed E-state index contributed by atoms with van der Waals surface area (Å²) in [5, 5.41) is 12.6. The molecule has 3 rings (SSSR count). The Balaban J connectivity index is 1.60. The molecule has 0 spiro atoms. The van der Waals surface area contributed by atoms with E-state index < -0.39 is 5.41 Å². The van der Waals surface area contributed by atoms with E-state index in [2.05, 4.69) is 11.4 Å². The van der Waals surface area contributed by atoms with E-state index in [1.807, 2.05) is 30.3 Å². The molecule has 0 unspecified atom stereocenters. The highest BCUT2D eigenvalue weighted by molar-refractivity contribution is 5.85. The number of hydrogen-bond donors (Lipinski definition) is 1. The molecule has 6 heteroatoms. The van der Waals surface area contributed by atoms with Gasteiger partial charge in [-0.05, 0) is 24.8 Å². The fraction of sp³-hybridized carbons (Fsp3) is 0.579. The largest absolute Gasteiger partial charge is 0.381 e. The summed E-state index contributed by atoms with van der Waals surface area (Å²) in [6.45, 7) is 2.39. The van der Waals surface area contributed by atoms with Crippen LogP contribution in [-0.2, 0) is 25.6 Å². The maximum Gasteiger partial charge on any atom is 0.240 e. The van der Waals surface area contributed by atoms with E-state index in [1.54, 1.807) is 0 Å². The Hall–Kier alpha value is -1.94. The Morgan fingerprint density at radius 3 is 2.72 bits per heavy atom. The van der Waals surface area contributed by atoms with Crippen LogP contribution in [0.1, 0.15) is 24.8 Å². The van der Waals surface area contributed by atoms with Crippen LogP contribution in [0.25, 0.3) is 0 Å². The fourth-order valence-electron chi connectivity index (χ4n) is 3.23. The molecule has 2 aliphatic rings. The van der Waals surface area contributed by atoms with Crippen LogP contribution in [0.4, 0.5) is 0 Å². The minimum Gasteiger partial charge on any atom is -0.381 e. The quantitative estimate of drug-likeness (QED) is 0.881. The van der Waals surface area contributed by atoms with Gasteiger partial charge in [0.1, 0.15) is 11.5 Å². The second-order valence-electron chi connectivity index (χ2n) is 6.58. The van der Waals surface area contributed by atoms with E-state index in [4.69, 9.17) is 14.2 Å². The summed E-state index contributed by atoms with van der Waals surface area (Å²) in [4.78, 5) is 12.8. The molecule has 0 aromatic heterocycles. The van der Waals surface area contributed by atoms with Crippen LogP contribution < -0.4 is 5.32 Å². The van der Waals surface area contributed by atoms with Crippen LogP contribution in [0.2, 0.25) is 0 Å². The van der Waals surface area contributed by atoms with Gasteiger partial charge in [-0.25, -0.2) is 0 Å². The maximum atomic E-state index is 12.8. The zero-order chi connectivity index (χ0) is 17.5. The monoisotopic (exact) mass is 344 g/mol. The minimum atomic E-state index is -0.986. The molecular weight excluding hydrogens is 320 g/mol. The number of hydrogen-bond acceptors (Lipinski definition) is 5. The molecule has 6 nitrogen and oxygen atoms in total. The standard InChI is InChI=1S/C19H24N2O4/c20-14-19(7-10-23-11-8-19)18(22)21-16-6-9-24-13-17(16)25-12-15-4-2-1-3-5-15/h1-5,16-17H,6-13H2,(H,21,22)/t16-,17-/m1/s1. The average molecular weight is 344 g/mol. The van der Waals surface area contributed by atoms with E-state index in [-0.39, 0.29) is 18.1 Å². The average Bonchev–Trinajstić information content (AvgIpc) is 2.68. The molecule has 0 bridgehead atoms. The second kappa shape index (κ2) is 8.43. The zero-order valence-electron chi connectivity index (χ0n) is 14.3. The Morgan fingerprint density at radius 2 is 2.00 bits per heavy atom. The lowest BCUT2D eigenvalue weighted by Gasteiger charge is -2.36. The summed E-state index contributed by atoms with van der Waals surface area (Å²) >= 11 is 0. The first-order valence-electron chi connectivity index (χ1n) is 8.77. The number of carbonyl (C=O) groups is 1. The first-order valence-corrected chi connectivity index (χ1v) is 8.77. The normalized spacial score (nSPS) is 25.7. The Bertz CT molecular complexity index is 608. The van der Waals surface area contributed by atoms with E-state index in [9.17, 15) is 10.1 Å². The second-order valence-corrected chi connectivity index (χ2v) is 6.58. The van der Waals surface area contributed by atoms with Gasteiger partial charge in [0.2, 0.25) is 5.91 Å². The molecule has 2 saturated heterocycles. The summed E-state index contributed by atoms with van der Waals surface area (Å²) in [6.07, 6.45) is 1.35. The first-order chi connectivity index (χ1) is 12.2. The third-order valence-electron chi connectivity index (χ3n) is 4.92. The van der Waals surface area contributed by atoms with E-state index in [0.29, 0.717) is 52.3 Å². The van der Waals surface area contributed by atoms with Gasteiger partial charge in [0.25, 0.3) is 0 Å². The molecule has 134 valence electrons. The Labute approximate surface area is 148 Å². The number of rotatable bonds is 5. The van der Waals surface area contributed by atoms with Gasteiger partial charge in [0.05, 0.1) is 25.3 Å². The van der Waals surface area contributed by atoms with Crippen LogP contribution in [0.3, 0.4) is 0 Å². The molecular formula is C19H24N2O4. The molecule has 0 aliphatic carbocycles. The van der Waals surface area contributed by atoms with Crippen molar-refractivity contribution in [3.63, 3.8) is 0 Å². The Morgan fingerprint density at radius 1 is 1.24 bits per heavy atom. The number of benzene rings is 1. The highest BCUT2D eigenvalue weighted by Gasteiger charge is 2.42. The molecule has 2 heterocycles.